The molecule has 1 heterocycles. The van der Waals surface area contributed by atoms with Crippen molar-refractivity contribution in [2.24, 2.45) is 0 Å². The van der Waals surface area contributed by atoms with E-state index in [4.69, 9.17) is 4.74 Å². The van der Waals surface area contributed by atoms with Gasteiger partial charge in [0.15, 0.2) is 11.6 Å². The minimum absolute atomic E-state index is 0.124. The average Bonchev–Trinajstić information content (AvgIpc) is 2.56. The molecule has 24 heavy (non-hydrogen) atoms. The molecule has 1 saturated carbocycles. The number of benzene rings is 1. The largest absolute Gasteiger partial charge is 0.487 e. The molecule has 4 rings (SSSR count). The van der Waals surface area contributed by atoms with Crippen LogP contribution in [-0.2, 0) is 6.42 Å². The van der Waals surface area contributed by atoms with Crippen LogP contribution < -0.4 is 9.64 Å². The first-order chi connectivity index (χ1) is 11.7. The first-order valence-electron chi connectivity index (χ1n) is 9.30. The van der Waals surface area contributed by atoms with Crippen LogP contribution >= 0.6 is 0 Å². The fraction of sp³-hybridized carbons (Fsp3) is 0.524. The number of rotatable bonds is 4. The molecule has 1 N–H and O–H groups in total. The van der Waals surface area contributed by atoms with E-state index in [2.05, 4.69) is 25.3 Å². The van der Waals surface area contributed by atoms with Gasteiger partial charge in [-0.3, -0.25) is 0 Å². The highest BCUT2D eigenvalue weighted by atomic mass is 19.1. The van der Waals surface area contributed by atoms with Gasteiger partial charge in [-0.05, 0) is 80.3 Å². The van der Waals surface area contributed by atoms with Gasteiger partial charge in [0.1, 0.15) is 0 Å². The molecule has 128 valence electrons. The van der Waals surface area contributed by atoms with Crippen molar-refractivity contribution in [2.45, 2.75) is 58.0 Å². The van der Waals surface area contributed by atoms with E-state index in [1.54, 1.807) is 0 Å². The van der Waals surface area contributed by atoms with E-state index < -0.39 is 0 Å². The summed E-state index contributed by atoms with van der Waals surface area (Å²) in [5.74, 6) is 0.337. The predicted octanol–water partition coefficient (Wildman–Crippen LogP) is 3.47. The van der Waals surface area contributed by atoms with Gasteiger partial charge < -0.3 is 15.7 Å². The Bertz CT molecular complexity index is 685. The van der Waals surface area contributed by atoms with E-state index in [1.165, 1.54) is 35.3 Å². The van der Waals surface area contributed by atoms with E-state index in [1.807, 2.05) is 6.07 Å². The number of quaternary nitrogens is 1. The second-order valence-electron chi connectivity index (χ2n) is 7.37. The molecule has 0 spiro atoms. The maximum atomic E-state index is 15.0. The molecule has 0 aromatic heterocycles. The van der Waals surface area contributed by atoms with E-state index in [0.717, 1.165) is 49.9 Å². The lowest BCUT2D eigenvalue weighted by Crippen LogP contribution is -3.11. The molecule has 3 aliphatic rings. The van der Waals surface area contributed by atoms with E-state index >= 15 is 0 Å². The van der Waals surface area contributed by atoms with Gasteiger partial charge in [0.05, 0.1) is 12.6 Å². The predicted molar refractivity (Wildman–Crippen MR) is 93.3 cm³/mol. The fourth-order valence-electron chi connectivity index (χ4n) is 4.16. The van der Waals surface area contributed by atoms with Gasteiger partial charge in [-0.1, -0.05) is 18.7 Å². The van der Waals surface area contributed by atoms with Gasteiger partial charge in [0.25, 0.3) is 0 Å². The molecular formula is C21H26FNO. The first kappa shape index (κ1) is 15.9. The zero-order valence-corrected chi connectivity index (χ0v) is 14.5. The summed E-state index contributed by atoms with van der Waals surface area (Å²) in [5.41, 5.74) is 4.64. The van der Waals surface area contributed by atoms with Gasteiger partial charge in [-0.15, -0.1) is 0 Å². The molecule has 2 aliphatic carbocycles. The van der Waals surface area contributed by atoms with Crippen LogP contribution in [0.5, 0.6) is 5.75 Å². The van der Waals surface area contributed by atoms with Crippen molar-refractivity contribution in [1.29, 1.82) is 0 Å². The summed E-state index contributed by atoms with van der Waals surface area (Å²) in [5, 5.41) is 0. The standard InChI is InChI=1S/C21H25FNO/c1-15-16(14-23-12-5-13-23)8-9-19-18(15)10-11-20(21(19)22)24-17-6-3-2-4-7-17/h10-12,17H,2-4,6-9,13-14H2,1H3/q-1/p+1. The number of ether oxygens (including phenoxy) is 1. The average molecular weight is 327 g/mol. The lowest BCUT2D eigenvalue weighted by atomic mass is 9.85. The van der Waals surface area contributed by atoms with Crippen LogP contribution in [0.1, 0.15) is 56.6 Å². The topological polar surface area (TPSA) is 13.7 Å². The Kier molecular flexibility index (Phi) is 4.45. The Morgan fingerprint density at radius 2 is 2.00 bits per heavy atom. The number of allylic oxidation sites excluding steroid dienone is 1. The third kappa shape index (κ3) is 3.02. The molecule has 1 atom stereocenters. The normalized spacial score (nSPS) is 23.8. The molecule has 0 bridgehead atoms. The van der Waals surface area contributed by atoms with Gasteiger partial charge in [-0.2, -0.15) is 0 Å². The third-order valence-corrected chi connectivity index (χ3v) is 5.74. The van der Waals surface area contributed by atoms with Gasteiger partial charge in [0, 0.05) is 0 Å². The van der Waals surface area contributed by atoms with Crippen LogP contribution in [0.25, 0.3) is 5.57 Å². The summed E-state index contributed by atoms with van der Waals surface area (Å²) in [6.07, 6.45) is 13.0. The summed E-state index contributed by atoms with van der Waals surface area (Å²) in [6, 6.07) is 3.91. The zero-order chi connectivity index (χ0) is 16.5. The molecule has 1 aromatic carbocycles. The Labute approximate surface area is 144 Å². The SMILES string of the molecule is CC1=C(C[NH+]2C=[C-]C2)CCc2c1ccc(OC1CCCCC1)c2F. The Morgan fingerprint density at radius 1 is 1.21 bits per heavy atom. The quantitative estimate of drug-likeness (QED) is 0.836. The van der Waals surface area contributed by atoms with Crippen molar-refractivity contribution in [2.75, 3.05) is 13.1 Å². The van der Waals surface area contributed by atoms with Crippen molar-refractivity contribution >= 4 is 5.57 Å². The number of hydrogen-bond donors (Lipinski definition) is 1. The molecule has 3 heteroatoms. The van der Waals surface area contributed by atoms with Crippen molar-refractivity contribution in [3.63, 3.8) is 0 Å². The van der Waals surface area contributed by atoms with Crippen molar-refractivity contribution in [3.05, 3.63) is 46.9 Å². The Morgan fingerprint density at radius 3 is 2.71 bits per heavy atom. The summed E-state index contributed by atoms with van der Waals surface area (Å²) < 4.78 is 21.0. The van der Waals surface area contributed by atoms with Crippen molar-refractivity contribution in [1.82, 2.24) is 0 Å². The second-order valence-corrected chi connectivity index (χ2v) is 7.37. The van der Waals surface area contributed by atoms with Crippen LogP contribution in [0, 0.1) is 11.9 Å². The number of fused-ring (bicyclic) bond motifs is 1. The number of hydrogen-bond acceptors (Lipinski definition) is 1. The van der Waals surface area contributed by atoms with Crippen LogP contribution in [0.4, 0.5) is 4.39 Å². The van der Waals surface area contributed by atoms with Crippen LogP contribution in [-0.4, -0.2) is 19.2 Å². The minimum atomic E-state index is -0.124. The highest BCUT2D eigenvalue weighted by molar-refractivity contribution is 5.72. The van der Waals surface area contributed by atoms with Crippen molar-refractivity contribution in [3.8, 4) is 5.75 Å². The summed E-state index contributed by atoms with van der Waals surface area (Å²) in [6.45, 7) is 4.16. The zero-order valence-electron chi connectivity index (χ0n) is 14.5. The maximum absolute atomic E-state index is 15.0. The van der Waals surface area contributed by atoms with Gasteiger partial charge in [-0.25, -0.2) is 4.39 Å². The van der Waals surface area contributed by atoms with Crippen LogP contribution in [0.3, 0.4) is 0 Å². The smallest absolute Gasteiger partial charge is 0.168 e. The second kappa shape index (κ2) is 6.72. The molecule has 0 radical (unpaired) electrons. The van der Waals surface area contributed by atoms with Gasteiger partial charge in [0.2, 0.25) is 0 Å². The highest BCUT2D eigenvalue weighted by Crippen LogP contribution is 2.36. The lowest BCUT2D eigenvalue weighted by molar-refractivity contribution is -0.855. The summed E-state index contributed by atoms with van der Waals surface area (Å²) >= 11 is 0. The number of halogens is 1. The minimum Gasteiger partial charge on any atom is -0.487 e. The molecule has 2 nitrogen and oxygen atoms in total. The molecular weight excluding hydrogens is 301 g/mol. The first-order valence-corrected chi connectivity index (χ1v) is 9.30. The third-order valence-electron chi connectivity index (χ3n) is 5.74. The van der Waals surface area contributed by atoms with E-state index in [-0.39, 0.29) is 11.9 Å². The Hall–Kier alpha value is -1.61. The lowest BCUT2D eigenvalue weighted by Gasteiger charge is -2.33. The molecule has 1 aliphatic heterocycles. The number of nitrogens with one attached hydrogen (secondary N) is 1. The Balaban J connectivity index is 1.56. The maximum Gasteiger partial charge on any atom is 0.168 e. The van der Waals surface area contributed by atoms with E-state index in [0.29, 0.717) is 5.75 Å². The molecule has 0 saturated heterocycles. The monoisotopic (exact) mass is 327 g/mol. The summed E-state index contributed by atoms with van der Waals surface area (Å²) in [4.78, 5) is 1.45. The van der Waals surface area contributed by atoms with Gasteiger partial charge >= 0.3 is 0 Å². The van der Waals surface area contributed by atoms with E-state index in [9.17, 15) is 4.39 Å². The van der Waals surface area contributed by atoms with Crippen molar-refractivity contribution < 1.29 is 14.0 Å². The van der Waals surface area contributed by atoms with Crippen LogP contribution in [0.2, 0.25) is 0 Å². The molecule has 1 unspecified atom stereocenters. The fourth-order valence-corrected chi connectivity index (χ4v) is 4.16. The molecule has 0 amide bonds. The molecule has 1 fully saturated rings. The molecule has 1 aromatic rings. The highest BCUT2D eigenvalue weighted by Gasteiger charge is 2.24. The summed E-state index contributed by atoms with van der Waals surface area (Å²) in [7, 11) is 0. The van der Waals surface area contributed by atoms with Crippen LogP contribution in [0.15, 0.2) is 23.9 Å².